The number of ether oxygens (including phenoxy) is 1. The van der Waals surface area contributed by atoms with Gasteiger partial charge in [-0.1, -0.05) is 0 Å². The molecule has 7 heteroatoms. The summed E-state index contributed by atoms with van der Waals surface area (Å²) in [5.74, 6) is 3.13. The van der Waals surface area contributed by atoms with Gasteiger partial charge in [0.2, 0.25) is 0 Å². The molecule has 0 unspecified atom stereocenters. The second-order valence-corrected chi connectivity index (χ2v) is 4.24. The summed E-state index contributed by atoms with van der Waals surface area (Å²) >= 11 is 0. The van der Waals surface area contributed by atoms with Crippen LogP contribution >= 0.6 is 0 Å². The van der Waals surface area contributed by atoms with Crippen LogP contribution in [-0.4, -0.2) is 24.2 Å². The van der Waals surface area contributed by atoms with Crippen LogP contribution in [0.25, 0.3) is 0 Å². The molecule has 0 bridgehead atoms. The SMILES string of the molecule is COCC(C)(C)Nc1nc(NN)c(F)cc1F. The largest absolute Gasteiger partial charge is 0.382 e. The number of pyridine rings is 1. The van der Waals surface area contributed by atoms with Crippen LogP contribution in [0, 0.1) is 11.6 Å². The molecule has 4 N–H and O–H groups in total. The lowest BCUT2D eigenvalue weighted by molar-refractivity contribution is 0.158. The quantitative estimate of drug-likeness (QED) is 0.542. The van der Waals surface area contributed by atoms with E-state index in [1.165, 1.54) is 7.11 Å². The van der Waals surface area contributed by atoms with Crippen LogP contribution in [-0.2, 0) is 4.74 Å². The summed E-state index contributed by atoms with van der Waals surface area (Å²) in [7, 11) is 1.53. The number of nitrogens with two attached hydrogens (primary N) is 1. The third-order valence-corrected chi connectivity index (χ3v) is 2.03. The zero-order valence-corrected chi connectivity index (χ0v) is 9.97. The van der Waals surface area contributed by atoms with E-state index >= 15 is 0 Å². The number of rotatable bonds is 5. The number of nitrogen functional groups attached to an aromatic ring is 1. The van der Waals surface area contributed by atoms with Gasteiger partial charge in [0.25, 0.3) is 0 Å². The highest BCUT2D eigenvalue weighted by Gasteiger charge is 2.21. The van der Waals surface area contributed by atoms with Crippen LogP contribution in [0.2, 0.25) is 0 Å². The first-order chi connectivity index (χ1) is 7.89. The summed E-state index contributed by atoms with van der Waals surface area (Å²) < 4.78 is 31.5. The molecule has 0 saturated heterocycles. The van der Waals surface area contributed by atoms with E-state index < -0.39 is 17.2 Å². The molecule has 0 atom stereocenters. The van der Waals surface area contributed by atoms with E-state index in [1.54, 1.807) is 13.8 Å². The first kappa shape index (κ1) is 13.6. The number of hydrogen-bond donors (Lipinski definition) is 3. The second kappa shape index (κ2) is 5.24. The molecule has 1 rings (SSSR count). The molecule has 5 nitrogen and oxygen atoms in total. The average molecular weight is 246 g/mol. The Kier molecular flexibility index (Phi) is 4.19. The van der Waals surface area contributed by atoms with E-state index in [-0.39, 0.29) is 11.6 Å². The molecule has 17 heavy (non-hydrogen) atoms. The Bertz CT molecular complexity index is 398. The number of nitrogens with one attached hydrogen (secondary N) is 2. The average Bonchev–Trinajstić information content (AvgIpc) is 2.21. The third kappa shape index (κ3) is 3.50. The molecule has 1 heterocycles. The molecule has 96 valence electrons. The van der Waals surface area contributed by atoms with E-state index in [1.807, 2.05) is 0 Å². The van der Waals surface area contributed by atoms with Crippen molar-refractivity contribution in [2.75, 3.05) is 24.5 Å². The minimum atomic E-state index is -0.847. The van der Waals surface area contributed by atoms with Gasteiger partial charge in [-0.25, -0.2) is 19.6 Å². The van der Waals surface area contributed by atoms with Gasteiger partial charge in [-0.15, -0.1) is 0 Å². The van der Waals surface area contributed by atoms with Crippen molar-refractivity contribution in [2.24, 2.45) is 5.84 Å². The maximum Gasteiger partial charge on any atom is 0.178 e. The Morgan fingerprint density at radius 3 is 2.47 bits per heavy atom. The summed E-state index contributed by atoms with van der Waals surface area (Å²) in [4.78, 5) is 3.70. The van der Waals surface area contributed by atoms with Gasteiger partial charge in [0.1, 0.15) is 0 Å². The summed E-state index contributed by atoms with van der Waals surface area (Å²) in [5, 5.41) is 2.82. The van der Waals surface area contributed by atoms with Crippen molar-refractivity contribution < 1.29 is 13.5 Å². The fourth-order valence-corrected chi connectivity index (χ4v) is 1.37. The maximum atomic E-state index is 13.5. The molecule has 0 spiro atoms. The second-order valence-electron chi connectivity index (χ2n) is 4.24. The molecule has 0 amide bonds. The van der Waals surface area contributed by atoms with Gasteiger partial charge >= 0.3 is 0 Å². The van der Waals surface area contributed by atoms with E-state index in [0.717, 1.165) is 0 Å². The highest BCUT2D eigenvalue weighted by molar-refractivity contribution is 5.48. The smallest absolute Gasteiger partial charge is 0.178 e. The van der Waals surface area contributed by atoms with Crippen LogP contribution in [0.4, 0.5) is 20.4 Å². The number of anilines is 2. The van der Waals surface area contributed by atoms with E-state index in [4.69, 9.17) is 10.6 Å². The Balaban J connectivity index is 2.98. The Morgan fingerprint density at radius 2 is 1.94 bits per heavy atom. The van der Waals surface area contributed by atoms with Crippen molar-refractivity contribution in [3.63, 3.8) is 0 Å². The van der Waals surface area contributed by atoms with Crippen LogP contribution < -0.4 is 16.6 Å². The first-order valence-corrected chi connectivity index (χ1v) is 4.99. The standard InChI is InChI=1S/C10H16F2N4O/c1-10(2,5-17-3)15-8-6(11)4-7(12)9(14-8)16-13/h4H,5,13H2,1-3H3,(H2,14,15,16). The monoisotopic (exact) mass is 246 g/mol. The normalized spacial score (nSPS) is 11.4. The summed E-state index contributed by atoms with van der Waals surface area (Å²) in [5.41, 5.74) is 1.52. The molecule has 0 radical (unpaired) electrons. The van der Waals surface area contributed by atoms with Crippen molar-refractivity contribution >= 4 is 11.6 Å². The number of methoxy groups -OCH3 is 1. The van der Waals surface area contributed by atoms with Gasteiger partial charge in [-0.3, -0.25) is 0 Å². The Hall–Kier alpha value is -1.47. The predicted molar refractivity (Wildman–Crippen MR) is 61.5 cm³/mol. The lowest BCUT2D eigenvalue weighted by atomic mass is 10.1. The number of nitrogens with zero attached hydrogens (tertiary/aromatic N) is 1. The number of hydrazine groups is 1. The van der Waals surface area contributed by atoms with Crippen molar-refractivity contribution in [3.05, 3.63) is 17.7 Å². The highest BCUT2D eigenvalue weighted by Crippen LogP contribution is 2.21. The summed E-state index contributed by atoms with van der Waals surface area (Å²) in [6.45, 7) is 3.95. The third-order valence-electron chi connectivity index (χ3n) is 2.03. The number of hydrogen-bond acceptors (Lipinski definition) is 5. The van der Waals surface area contributed by atoms with Crippen molar-refractivity contribution in [3.8, 4) is 0 Å². The fourth-order valence-electron chi connectivity index (χ4n) is 1.37. The molecular weight excluding hydrogens is 230 g/mol. The molecule has 0 aromatic carbocycles. The van der Waals surface area contributed by atoms with Crippen LogP contribution in [0.15, 0.2) is 6.07 Å². The van der Waals surface area contributed by atoms with Crippen LogP contribution in [0.3, 0.4) is 0 Å². The maximum absolute atomic E-state index is 13.5. The molecule has 1 aromatic heterocycles. The fraction of sp³-hybridized carbons (Fsp3) is 0.500. The molecular formula is C10H16F2N4O. The van der Waals surface area contributed by atoms with Gasteiger partial charge < -0.3 is 15.5 Å². The van der Waals surface area contributed by atoms with Crippen molar-refractivity contribution in [2.45, 2.75) is 19.4 Å². The Labute approximate surface area is 98.3 Å². The van der Waals surface area contributed by atoms with Gasteiger partial charge in [-0.2, -0.15) is 0 Å². The van der Waals surface area contributed by atoms with E-state index in [9.17, 15) is 8.78 Å². The van der Waals surface area contributed by atoms with E-state index in [0.29, 0.717) is 12.7 Å². The molecule has 0 aliphatic carbocycles. The van der Waals surface area contributed by atoms with Crippen molar-refractivity contribution in [1.29, 1.82) is 0 Å². The minimum Gasteiger partial charge on any atom is -0.382 e. The van der Waals surface area contributed by atoms with Gasteiger partial charge in [-0.05, 0) is 13.8 Å². The Morgan fingerprint density at radius 1 is 1.35 bits per heavy atom. The lowest BCUT2D eigenvalue weighted by Gasteiger charge is -2.26. The molecule has 0 saturated carbocycles. The summed E-state index contributed by atoms with van der Waals surface area (Å²) in [6.07, 6.45) is 0. The zero-order chi connectivity index (χ0) is 13.1. The van der Waals surface area contributed by atoms with Gasteiger partial charge in [0, 0.05) is 13.2 Å². The van der Waals surface area contributed by atoms with Gasteiger partial charge in [0.05, 0.1) is 12.1 Å². The topological polar surface area (TPSA) is 72.2 Å². The lowest BCUT2D eigenvalue weighted by Crippen LogP contribution is -2.36. The van der Waals surface area contributed by atoms with E-state index in [2.05, 4.69) is 15.7 Å². The van der Waals surface area contributed by atoms with Crippen LogP contribution in [0.5, 0.6) is 0 Å². The zero-order valence-electron chi connectivity index (χ0n) is 9.97. The molecule has 0 aliphatic heterocycles. The van der Waals surface area contributed by atoms with Crippen LogP contribution in [0.1, 0.15) is 13.8 Å². The van der Waals surface area contributed by atoms with Crippen molar-refractivity contribution in [1.82, 2.24) is 4.98 Å². The molecule has 0 aliphatic rings. The highest BCUT2D eigenvalue weighted by atomic mass is 19.1. The predicted octanol–water partition coefficient (Wildman–Crippen LogP) is 1.48. The van der Waals surface area contributed by atoms with Gasteiger partial charge in [0.15, 0.2) is 23.3 Å². The summed E-state index contributed by atoms with van der Waals surface area (Å²) in [6, 6.07) is 0.716. The number of halogens is 2. The molecule has 1 aromatic rings. The molecule has 0 fully saturated rings. The first-order valence-electron chi connectivity index (χ1n) is 4.99. The number of aromatic nitrogens is 1. The minimum absolute atomic E-state index is 0.0820.